The zero-order valence-corrected chi connectivity index (χ0v) is 30.6. The van der Waals surface area contributed by atoms with Crippen molar-refractivity contribution in [1.29, 1.82) is 0 Å². The normalized spacial score (nSPS) is 14.1. The predicted octanol–water partition coefficient (Wildman–Crippen LogP) is 11.1. The van der Waals surface area contributed by atoms with Gasteiger partial charge in [-0.1, -0.05) is 129 Å². The van der Waals surface area contributed by atoms with E-state index in [2.05, 4.69) is 184 Å². The minimum Gasteiger partial charge on any atom is -0.370 e. The van der Waals surface area contributed by atoms with Crippen molar-refractivity contribution in [2.75, 3.05) is 20.1 Å². The molecule has 0 saturated carbocycles. The summed E-state index contributed by atoms with van der Waals surface area (Å²) in [7, 11) is 2.14. The number of allylic oxidation sites excluding steroid dienone is 4. The number of benzene rings is 4. The van der Waals surface area contributed by atoms with Gasteiger partial charge in [0.1, 0.15) is 0 Å². The molecule has 0 bridgehead atoms. The van der Waals surface area contributed by atoms with Crippen molar-refractivity contribution >= 4 is 11.8 Å². The van der Waals surface area contributed by atoms with Crippen LogP contribution in [0.3, 0.4) is 0 Å². The highest BCUT2D eigenvalue weighted by Crippen LogP contribution is 2.39. The van der Waals surface area contributed by atoms with Crippen LogP contribution in [0.1, 0.15) is 51.9 Å². The van der Waals surface area contributed by atoms with Crippen LogP contribution in [0.2, 0.25) is 0 Å². The molecule has 3 heteroatoms. The molecule has 1 aliphatic rings. The Morgan fingerprint density at radius 1 is 0.843 bits per heavy atom. The quantitative estimate of drug-likeness (QED) is 0.127. The Morgan fingerprint density at radius 2 is 1.55 bits per heavy atom. The Kier molecular flexibility index (Phi) is 11.2. The van der Waals surface area contributed by atoms with Crippen LogP contribution in [0.25, 0.3) is 39.8 Å². The third kappa shape index (κ3) is 7.70. The monoisotopic (exact) mass is 669 g/mol. The first-order valence-electron chi connectivity index (χ1n) is 18.1. The van der Waals surface area contributed by atoms with Crippen LogP contribution in [-0.2, 0) is 12.8 Å². The standard InChI is InChI=1S/C48H51N3/c1-7-38(40-22-20-37(21-23-40)16-14-15-34(3)33-49)32-47-35(4)36(5)48(51(47)44-17-10-9-11-18-44)45-29-28-43(31-39(45)8-2)41-24-26-42(27-25-41)46-19-12-13-30-50(46)6/h7-15,17-29,31,34,38H,1-2,16,30,32-33,49H2,3-6H3/b15-14-. The first-order valence-corrected chi connectivity index (χ1v) is 18.1. The van der Waals surface area contributed by atoms with Gasteiger partial charge in [0.05, 0.1) is 5.69 Å². The van der Waals surface area contributed by atoms with Gasteiger partial charge >= 0.3 is 0 Å². The van der Waals surface area contributed by atoms with Crippen molar-refractivity contribution in [3.63, 3.8) is 0 Å². The van der Waals surface area contributed by atoms with Crippen LogP contribution in [-0.4, -0.2) is 29.6 Å². The molecule has 3 nitrogen and oxygen atoms in total. The minimum atomic E-state index is 0.166. The molecule has 258 valence electrons. The molecule has 1 aliphatic heterocycles. The van der Waals surface area contributed by atoms with Gasteiger partial charge in [0.15, 0.2) is 0 Å². The number of nitrogens with zero attached hydrogens (tertiary/aromatic N) is 2. The fourth-order valence-corrected chi connectivity index (χ4v) is 7.14. The van der Waals surface area contributed by atoms with Gasteiger partial charge in [0, 0.05) is 42.2 Å². The molecule has 2 atom stereocenters. The number of hydrogen-bond acceptors (Lipinski definition) is 2. The summed E-state index contributed by atoms with van der Waals surface area (Å²) in [6.45, 7) is 16.9. The SMILES string of the molecule is C=Cc1cc(-c2ccc(C3=CC=CCN3C)cc2)ccc1-c1c(C)c(C)c(CC(C=C)c2ccc(C/C=C\C(C)CN)cc2)n1-c1ccccc1. The molecule has 5 aromatic rings. The van der Waals surface area contributed by atoms with Crippen molar-refractivity contribution in [2.45, 2.75) is 39.5 Å². The van der Waals surface area contributed by atoms with E-state index in [9.17, 15) is 0 Å². The Morgan fingerprint density at radius 3 is 2.22 bits per heavy atom. The van der Waals surface area contributed by atoms with E-state index in [0.717, 1.165) is 30.6 Å². The number of likely N-dealkylation sites (N-methyl/N-ethyl adjacent to an activating group) is 1. The lowest BCUT2D eigenvalue weighted by atomic mass is 9.91. The van der Waals surface area contributed by atoms with Crippen molar-refractivity contribution in [3.8, 4) is 28.1 Å². The molecular formula is C48H51N3. The van der Waals surface area contributed by atoms with Crippen LogP contribution < -0.4 is 5.73 Å². The van der Waals surface area contributed by atoms with Gasteiger partial charge < -0.3 is 15.2 Å². The number of aromatic nitrogens is 1. The summed E-state index contributed by atoms with van der Waals surface area (Å²) in [4.78, 5) is 2.28. The van der Waals surface area contributed by atoms with Crippen LogP contribution in [0.15, 0.2) is 147 Å². The molecule has 0 fully saturated rings. The molecule has 0 saturated heterocycles. The Balaban J connectivity index is 1.35. The molecule has 1 aromatic heterocycles. The lowest BCUT2D eigenvalue weighted by Gasteiger charge is -2.24. The Bertz CT molecular complexity index is 2070. The maximum Gasteiger partial charge on any atom is 0.0569 e. The lowest BCUT2D eigenvalue weighted by Crippen LogP contribution is -2.18. The van der Waals surface area contributed by atoms with E-state index in [1.807, 2.05) is 6.08 Å². The maximum absolute atomic E-state index is 5.78. The van der Waals surface area contributed by atoms with Gasteiger partial charge in [-0.2, -0.15) is 0 Å². The van der Waals surface area contributed by atoms with Crippen molar-refractivity contribution < 1.29 is 0 Å². The minimum absolute atomic E-state index is 0.166. The summed E-state index contributed by atoms with van der Waals surface area (Å²) >= 11 is 0. The molecule has 0 radical (unpaired) electrons. The fraction of sp³-hybridized carbons (Fsp3) is 0.208. The molecule has 2 N–H and O–H groups in total. The van der Waals surface area contributed by atoms with Crippen molar-refractivity contribution in [3.05, 3.63) is 186 Å². The predicted molar refractivity (Wildman–Crippen MR) is 220 cm³/mol. The van der Waals surface area contributed by atoms with Gasteiger partial charge in [0.2, 0.25) is 0 Å². The highest BCUT2D eigenvalue weighted by molar-refractivity contribution is 5.82. The summed E-state index contributed by atoms with van der Waals surface area (Å²) in [5, 5.41) is 0. The van der Waals surface area contributed by atoms with Gasteiger partial charge in [0.25, 0.3) is 0 Å². The second kappa shape index (κ2) is 16.1. The highest BCUT2D eigenvalue weighted by atomic mass is 15.1. The third-order valence-electron chi connectivity index (χ3n) is 10.4. The second-order valence-corrected chi connectivity index (χ2v) is 13.8. The van der Waals surface area contributed by atoms with Gasteiger partial charge in [-0.05, 0) is 108 Å². The first kappa shape index (κ1) is 35.4. The molecule has 2 unspecified atom stereocenters. The van der Waals surface area contributed by atoms with E-state index in [-0.39, 0.29) is 5.92 Å². The Hall–Kier alpha value is -5.38. The van der Waals surface area contributed by atoms with E-state index >= 15 is 0 Å². The van der Waals surface area contributed by atoms with Gasteiger partial charge in [-0.25, -0.2) is 0 Å². The van der Waals surface area contributed by atoms with Crippen molar-refractivity contribution in [2.24, 2.45) is 11.7 Å². The molecule has 0 amide bonds. The van der Waals surface area contributed by atoms with Crippen LogP contribution in [0.5, 0.6) is 0 Å². The lowest BCUT2D eigenvalue weighted by molar-refractivity contribution is 0.531. The molecule has 2 heterocycles. The third-order valence-corrected chi connectivity index (χ3v) is 10.4. The van der Waals surface area contributed by atoms with Crippen LogP contribution in [0.4, 0.5) is 0 Å². The van der Waals surface area contributed by atoms with Gasteiger partial charge in [-0.3, -0.25) is 0 Å². The molecule has 51 heavy (non-hydrogen) atoms. The summed E-state index contributed by atoms with van der Waals surface area (Å²) in [6, 6.07) is 35.5. The van der Waals surface area contributed by atoms with Gasteiger partial charge in [-0.15, -0.1) is 6.58 Å². The van der Waals surface area contributed by atoms with E-state index < -0.39 is 0 Å². The zero-order valence-electron chi connectivity index (χ0n) is 30.6. The largest absolute Gasteiger partial charge is 0.370 e. The van der Waals surface area contributed by atoms with Crippen molar-refractivity contribution in [1.82, 2.24) is 9.47 Å². The van der Waals surface area contributed by atoms with Crippen LogP contribution in [0, 0.1) is 19.8 Å². The molecule has 0 aliphatic carbocycles. The second-order valence-electron chi connectivity index (χ2n) is 13.8. The van der Waals surface area contributed by atoms with E-state index in [1.54, 1.807) is 0 Å². The molecule has 6 rings (SSSR count). The first-order chi connectivity index (χ1) is 24.8. The number of rotatable bonds is 13. The maximum atomic E-state index is 5.78. The summed E-state index contributed by atoms with van der Waals surface area (Å²) in [5.74, 6) is 0.564. The molecular weight excluding hydrogens is 619 g/mol. The van der Waals surface area contributed by atoms with Crippen LogP contribution >= 0.6 is 0 Å². The summed E-state index contributed by atoms with van der Waals surface area (Å²) < 4.78 is 2.47. The molecule has 4 aromatic carbocycles. The number of nitrogens with two attached hydrogens (primary N) is 1. The number of para-hydroxylation sites is 1. The number of hydrogen-bond donors (Lipinski definition) is 1. The average molecular weight is 670 g/mol. The average Bonchev–Trinajstić information content (AvgIpc) is 3.42. The summed E-state index contributed by atoms with van der Waals surface area (Å²) in [5.41, 5.74) is 21.7. The molecule has 0 spiro atoms. The van der Waals surface area contributed by atoms with E-state index in [4.69, 9.17) is 5.73 Å². The Labute approximate surface area is 305 Å². The van der Waals surface area contributed by atoms with E-state index in [0.29, 0.717) is 12.5 Å². The van der Waals surface area contributed by atoms with E-state index in [1.165, 1.54) is 61.6 Å². The summed E-state index contributed by atoms with van der Waals surface area (Å²) in [6.07, 6.45) is 16.8. The highest BCUT2D eigenvalue weighted by Gasteiger charge is 2.24. The topological polar surface area (TPSA) is 34.2 Å². The smallest absolute Gasteiger partial charge is 0.0569 e. The fourth-order valence-electron chi connectivity index (χ4n) is 7.14. The zero-order chi connectivity index (χ0) is 35.9.